The fraction of sp³-hybridized carbons (Fsp3) is 0.816. The number of benzene rings is 1. The topological polar surface area (TPSA) is 131 Å². The molecule has 2 aliphatic heterocycles. The number of rotatable bonds is 14. The second-order valence-electron chi connectivity index (χ2n) is 16.6. The van der Waals surface area contributed by atoms with E-state index in [1.807, 2.05) is 13.0 Å². The Bertz CT molecular complexity index is 1380. The molecule has 3 N–H and O–H groups in total. The highest BCUT2D eigenvalue weighted by Crippen LogP contribution is 2.76. The van der Waals surface area contributed by atoms with Gasteiger partial charge in [0.15, 0.2) is 11.5 Å². The van der Waals surface area contributed by atoms with Gasteiger partial charge in [-0.1, -0.05) is 26.8 Å². The Morgan fingerprint density at radius 3 is 2.33 bits per heavy atom. The lowest BCUT2D eigenvalue weighted by atomic mass is 9.33. The maximum atomic E-state index is 13.0. The number of hydrogen-bond acceptors (Lipinski definition) is 11. The van der Waals surface area contributed by atoms with Crippen LogP contribution in [0.3, 0.4) is 0 Å². The van der Waals surface area contributed by atoms with Crippen LogP contribution in [-0.4, -0.2) is 112 Å². The van der Waals surface area contributed by atoms with Gasteiger partial charge in [-0.2, -0.15) is 0 Å². The van der Waals surface area contributed by atoms with Gasteiger partial charge < -0.3 is 44.0 Å². The first kappa shape index (κ1) is 36.8. The van der Waals surface area contributed by atoms with Gasteiger partial charge >= 0.3 is 6.16 Å². The largest absolute Gasteiger partial charge is 0.514 e. The predicted molar refractivity (Wildman–Crippen MR) is 184 cm³/mol. The minimum Gasteiger partial charge on any atom is -0.482 e. The van der Waals surface area contributed by atoms with E-state index < -0.39 is 39.8 Å². The molecule has 49 heavy (non-hydrogen) atoms. The number of methoxy groups -OCH3 is 2. The molecule has 1 saturated heterocycles. The van der Waals surface area contributed by atoms with Crippen LogP contribution in [0.2, 0.25) is 0 Å². The predicted octanol–water partition coefficient (Wildman–Crippen LogP) is 4.76. The SMILES string of the molecule is COCCOCCOCCOC(=O)Oc1ccc(C)c2c1O[C@@H]1C23CCN(CC2CC2)C(C)[C@]32CC[C@@]1(OC)C(N)(C(C)(O)C(C)(C)C)C2. The van der Waals surface area contributed by atoms with Crippen molar-refractivity contribution in [3.63, 3.8) is 0 Å². The van der Waals surface area contributed by atoms with Crippen molar-refractivity contribution in [2.45, 2.75) is 114 Å². The summed E-state index contributed by atoms with van der Waals surface area (Å²) in [7, 11) is 3.35. The monoisotopic (exact) mass is 688 g/mol. The molecule has 0 aromatic heterocycles. The van der Waals surface area contributed by atoms with Gasteiger partial charge in [-0.05, 0) is 88.8 Å². The molecule has 2 heterocycles. The Labute approximate surface area is 292 Å². The summed E-state index contributed by atoms with van der Waals surface area (Å²) < 4.78 is 41.0. The number of fused-ring (bicyclic) bond motifs is 3. The van der Waals surface area contributed by atoms with Crippen LogP contribution < -0.4 is 15.2 Å². The smallest absolute Gasteiger partial charge is 0.482 e. The normalized spacial score (nSPS) is 34.8. The van der Waals surface area contributed by atoms with Gasteiger partial charge in [0.25, 0.3) is 0 Å². The highest BCUT2D eigenvalue weighted by Gasteiger charge is 2.84. The summed E-state index contributed by atoms with van der Waals surface area (Å²) in [4.78, 5) is 15.7. The molecule has 2 bridgehead atoms. The Hall–Kier alpha value is -1.99. The lowest BCUT2D eigenvalue weighted by molar-refractivity contribution is -0.318. The summed E-state index contributed by atoms with van der Waals surface area (Å²) in [5.41, 5.74) is 5.13. The molecule has 11 nitrogen and oxygen atoms in total. The van der Waals surface area contributed by atoms with Crippen LogP contribution >= 0.6 is 0 Å². The first-order chi connectivity index (χ1) is 23.2. The Morgan fingerprint density at radius 2 is 1.69 bits per heavy atom. The van der Waals surface area contributed by atoms with Crippen LogP contribution in [0.25, 0.3) is 0 Å². The van der Waals surface area contributed by atoms with Crippen molar-refractivity contribution in [2.24, 2.45) is 22.5 Å². The highest BCUT2D eigenvalue weighted by molar-refractivity contribution is 5.69. The minimum atomic E-state index is -1.30. The van der Waals surface area contributed by atoms with E-state index in [1.165, 1.54) is 12.8 Å². The average molecular weight is 689 g/mol. The second-order valence-corrected chi connectivity index (χ2v) is 16.6. The molecular weight excluding hydrogens is 628 g/mol. The van der Waals surface area contributed by atoms with E-state index in [0.29, 0.717) is 50.8 Å². The van der Waals surface area contributed by atoms with Crippen LogP contribution in [0.15, 0.2) is 12.1 Å². The quantitative estimate of drug-likeness (QED) is 0.159. The molecule has 4 saturated carbocycles. The molecule has 6 aliphatic rings. The summed E-state index contributed by atoms with van der Waals surface area (Å²) in [5.74, 6) is 1.62. The molecular formula is C38H60N2O9. The van der Waals surface area contributed by atoms with Gasteiger partial charge in [-0.25, -0.2) is 4.79 Å². The van der Waals surface area contributed by atoms with Gasteiger partial charge in [0.2, 0.25) is 0 Å². The van der Waals surface area contributed by atoms with Crippen molar-refractivity contribution in [1.82, 2.24) is 4.90 Å². The van der Waals surface area contributed by atoms with E-state index in [2.05, 4.69) is 39.5 Å². The van der Waals surface area contributed by atoms with E-state index in [1.54, 1.807) is 20.3 Å². The molecule has 1 aromatic rings. The third kappa shape index (κ3) is 5.52. The Morgan fingerprint density at radius 1 is 1.02 bits per heavy atom. The number of piperidine rings is 1. The molecule has 0 amide bonds. The van der Waals surface area contributed by atoms with Crippen molar-refractivity contribution in [3.05, 3.63) is 23.3 Å². The van der Waals surface area contributed by atoms with E-state index in [-0.39, 0.29) is 24.7 Å². The summed E-state index contributed by atoms with van der Waals surface area (Å²) in [5, 5.41) is 12.6. The fourth-order valence-electron chi connectivity index (χ4n) is 10.3. The summed E-state index contributed by atoms with van der Waals surface area (Å²) in [6, 6.07) is 4.00. The number of aryl methyl sites for hydroxylation is 1. The molecule has 2 spiro atoms. The first-order valence-corrected chi connectivity index (χ1v) is 18.3. The standard InChI is InChI=1S/C38H60N2O9/c1-25-9-12-28(48-32(41)47-22-21-46-20-19-45-18-17-43-7)30-29(25)36-15-16-40(23-27-10-11-27)26(2)35(36)13-14-37(44-8,31(36)49-30)38(39,24-35)34(6,42)33(3,4)5/h9,12,26-27,31,42H,10-11,13-24,39H2,1-8H3/t26?,31-,34?,35-,36?,37+,38?/m1/s1. The summed E-state index contributed by atoms with van der Waals surface area (Å²) in [6.07, 6.45) is 4.25. The van der Waals surface area contributed by atoms with Crippen LogP contribution in [0.5, 0.6) is 11.5 Å². The Balaban J connectivity index is 1.33. The Kier molecular flexibility index (Phi) is 9.92. The number of likely N-dealkylation sites (tertiary alicyclic amines) is 1. The van der Waals surface area contributed by atoms with Gasteiger partial charge in [0.1, 0.15) is 18.3 Å². The third-order valence-corrected chi connectivity index (χ3v) is 13.5. The maximum absolute atomic E-state index is 13.0. The number of nitrogens with zero attached hydrogens (tertiary/aromatic N) is 1. The molecule has 4 aliphatic carbocycles. The van der Waals surface area contributed by atoms with E-state index in [0.717, 1.165) is 43.0 Å². The fourth-order valence-corrected chi connectivity index (χ4v) is 10.3. The number of carbonyl (C=O) groups is 1. The number of nitrogens with two attached hydrogens (primary N) is 1. The van der Waals surface area contributed by atoms with E-state index in [4.69, 9.17) is 38.9 Å². The van der Waals surface area contributed by atoms with Gasteiger partial charge in [0, 0.05) is 43.2 Å². The van der Waals surface area contributed by atoms with Gasteiger partial charge in [0.05, 0.1) is 44.2 Å². The molecule has 0 radical (unpaired) electrons. The minimum absolute atomic E-state index is 0.0419. The van der Waals surface area contributed by atoms with Gasteiger partial charge in [-0.3, -0.25) is 4.90 Å². The van der Waals surface area contributed by atoms with Crippen molar-refractivity contribution >= 4 is 6.16 Å². The molecule has 5 fully saturated rings. The number of carbonyl (C=O) groups excluding carboxylic acids is 1. The van der Waals surface area contributed by atoms with Crippen molar-refractivity contribution in [3.8, 4) is 11.5 Å². The molecule has 1 aromatic carbocycles. The van der Waals surface area contributed by atoms with Crippen LogP contribution in [-0.2, 0) is 29.1 Å². The zero-order valence-electron chi connectivity index (χ0n) is 31.0. The number of ether oxygens (including phenoxy) is 7. The van der Waals surface area contributed by atoms with E-state index >= 15 is 0 Å². The zero-order chi connectivity index (χ0) is 35.5. The first-order valence-electron chi connectivity index (χ1n) is 18.3. The van der Waals surface area contributed by atoms with E-state index in [9.17, 15) is 9.90 Å². The van der Waals surface area contributed by atoms with Crippen LogP contribution in [0, 0.1) is 23.7 Å². The van der Waals surface area contributed by atoms with Crippen molar-refractivity contribution in [1.29, 1.82) is 0 Å². The molecule has 7 rings (SSSR count). The molecule has 11 heteroatoms. The molecule has 4 unspecified atom stereocenters. The zero-order valence-corrected chi connectivity index (χ0v) is 31.0. The highest BCUT2D eigenvalue weighted by atomic mass is 16.7. The second kappa shape index (κ2) is 13.2. The van der Waals surface area contributed by atoms with Crippen LogP contribution in [0.1, 0.15) is 84.3 Å². The lowest BCUT2D eigenvalue weighted by Gasteiger charge is -2.77. The van der Waals surface area contributed by atoms with Crippen LogP contribution in [0.4, 0.5) is 4.79 Å². The lowest BCUT2D eigenvalue weighted by Crippen LogP contribution is -2.91. The molecule has 276 valence electrons. The maximum Gasteiger partial charge on any atom is 0.514 e. The summed E-state index contributed by atoms with van der Waals surface area (Å²) >= 11 is 0. The average Bonchev–Trinajstić information content (AvgIpc) is 3.79. The number of hydrogen-bond donors (Lipinski definition) is 2. The molecule has 7 atom stereocenters. The third-order valence-electron chi connectivity index (χ3n) is 13.5. The summed E-state index contributed by atoms with van der Waals surface area (Å²) in [6.45, 7) is 16.6. The van der Waals surface area contributed by atoms with Crippen molar-refractivity contribution < 1.29 is 43.1 Å². The number of aliphatic hydroxyl groups is 1. The van der Waals surface area contributed by atoms with Gasteiger partial charge in [-0.15, -0.1) is 0 Å². The van der Waals surface area contributed by atoms with Crippen molar-refractivity contribution in [2.75, 3.05) is 67.0 Å².